The lowest BCUT2D eigenvalue weighted by molar-refractivity contribution is 0.0960. The van der Waals surface area contributed by atoms with Crippen LogP contribution in [-0.4, -0.2) is 30.1 Å². The first-order chi connectivity index (χ1) is 15.6. The second-order valence-electron chi connectivity index (χ2n) is 7.45. The van der Waals surface area contributed by atoms with E-state index in [1.165, 1.54) is 7.05 Å². The first-order valence-electron chi connectivity index (χ1n) is 10.2. The number of para-hydroxylation sites is 1. The van der Waals surface area contributed by atoms with Gasteiger partial charge >= 0.3 is 0 Å². The third-order valence-electron chi connectivity index (χ3n) is 5.62. The van der Waals surface area contributed by atoms with Crippen molar-refractivity contribution in [2.45, 2.75) is 0 Å². The average Bonchev–Trinajstić information content (AvgIpc) is 3.22. The number of amides is 1. The summed E-state index contributed by atoms with van der Waals surface area (Å²) < 4.78 is 0. The lowest BCUT2D eigenvalue weighted by Gasteiger charge is -2.10. The van der Waals surface area contributed by atoms with E-state index in [2.05, 4.69) is 25.8 Å². The highest BCUT2D eigenvalue weighted by molar-refractivity contribution is 6.21. The molecule has 1 heterocycles. The van der Waals surface area contributed by atoms with E-state index in [-0.39, 0.29) is 17.0 Å². The van der Waals surface area contributed by atoms with Crippen molar-refractivity contribution in [2.75, 3.05) is 19.4 Å². The molecule has 7 heteroatoms. The van der Waals surface area contributed by atoms with Gasteiger partial charge in [-0.05, 0) is 41.8 Å². The number of hydrogen-bond donors (Lipinski definition) is 4. The van der Waals surface area contributed by atoms with Crippen molar-refractivity contribution >= 4 is 55.5 Å². The van der Waals surface area contributed by atoms with Gasteiger partial charge in [-0.15, -0.1) is 5.11 Å². The predicted octanol–water partition coefficient (Wildman–Crippen LogP) is 6.00. The number of aromatic amines is 1. The Labute approximate surface area is 183 Å². The summed E-state index contributed by atoms with van der Waals surface area (Å²) in [5, 5.41) is 29.0. The van der Waals surface area contributed by atoms with E-state index in [0.717, 1.165) is 32.9 Å². The van der Waals surface area contributed by atoms with Crippen LogP contribution in [-0.2, 0) is 0 Å². The minimum atomic E-state index is -0.393. The Bertz CT molecular complexity index is 1520. The van der Waals surface area contributed by atoms with Crippen molar-refractivity contribution in [3.63, 3.8) is 0 Å². The van der Waals surface area contributed by atoms with Crippen LogP contribution in [0.25, 0.3) is 32.6 Å². The fourth-order valence-corrected chi connectivity index (χ4v) is 3.99. The van der Waals surface area contributed by atoms with Crippen LogP contribution in [0.3, 0.4) is 0 Å². The van der Waals surface area contributed by atoms with E-state index < -0.39 is 5.91 Å². The van der Waals surface area contributed by atoms with Crippen LogP contribution in [0.2, 0.25) is 0 Å². The van der Waals surface area contributed by atoms with Crippen molar-refractivity contribution in [1.29, 1.82) is 0 Å². The number of aromatic nitrogens is 1. The van der Waals surface area contributed by atoms with Gasteiger partial charge in [0.05, 0.1) is 16.8 Å². The molecule has 0 saturated heterocycles. The van der Waals surface area contributed by atoms with Crippen LogP contribution in [0, 0.1) is 0 Å². The standard InChI is InChI=1S/C25H21N5O2/c1-26-15-8-10-16(11-9-15)29-30-23-21-14(13-19(24(23)31)25(32)27-2)7-12-18-17-5-3-4-6-20(17)28-22(18)21/h3-13,26,28,31H,1-2H3,(H,27,32). The molecule has 0 unspecified atom stereocenters. The Balaban J connectivity index is 1.80. The van der Waals surface area contributed by atoms with Gasteiger partial charge in [-0.25, -0.2) is 0 Å². The molecule has 4 aromatic carbocycles. The number of fused-ring (bicyclic) bond motifs is 5. The van der Waals surface area contributed by atoms with Crippen LogP contribution in [0.1, 0.15) is 10.4 Å². The molecule has 1 aromatic heterocycles. The van der Waals surface area contributed by atoms with E-state index in [4.69, 9.17) is 0 Å². The Hall–Kier alpha value is -4.39. The summed E-state index contributed by atoms with van der Waals surface area (Å²) in [6.07, 6.45) is 0. The molecule has 0 aliphatic rings. The number of phenolic OH excluding ortho intramolecular Hbond substituents is 1. The highest BCUT2D eigenvalue weighted by Crippen LogP contribution is 2.43. The Morgan fingerprint density at radius 2 is 1.72 bits per heavy atom. The molecule has 7 nitrogen and oxygen atoms in total. The number of carbonyl (C=O) groups excluding carboxylic acids is 1. The molecule has 0 fully saturated rings. The van der Waals surface area contributed by atoms with Gasteiger partial charge in [0, 0.05) is 41.5 Å². The largest absolute Gasteiger partial charge is 0.505 e. The summed E-state index contributed by atoms with van der Waals surface area (Å²) in [7, 11) is 3.37. The van der Waals surface area contributed by atoms with Crippen LogP contribution < -0.4 is 10.6 Å². The number of anilines is 1. The Morgan fingerprint density at radius 3 is 2.47 bits per heavy atom. The topological polar surface area (TPSA) is 102 Å². The third kappa shape index (κ3) is 3.11. The number of nitrogens with one attached hydrogen (secondary N) is 3. The molecule has 0 aliphatic carbocycles. The molecule has 1 amide bonds. The number of aromatic hydroxyl groups is 1. The molecule has 0 spiro atoms. The molecule has 4 N–H and O–H groups in total. The number of azo groups is 1. The van der Waals surface area contributed by atoms with Gasteiger partial charge in [0.2, 0.25) is 0 Å². The first kappa shape index (κ1) is 19.6. The number of rotatable bonds is 4. The van der Waals surface area contributed by atoms with Crippen molar-refractivity contribution in [3.8, 4) is 5.75 Å². The average molecular weight is 423 g/mol. The lowest BCUT2D eigenvalue weighted by Crippen LogP contribution is -2.17. The van der Waals surface area contributed by atoms with Crippen LogP contribution in [0.4, 0.5) is 17.1 Å². The zero-order valence-corrected chi connectivity index (χ0v) is 17.6. The van der Waals surface area contributed by atoms with Gasteiger partial charge in [-0.3, -0.25) is 4.79 Å². The summed E-state index contributed by atoms with van der Waals surface area (Å²) >= 11 is 0. The van der Waals surface area contributed by atoms with Crippen molar-refractivity contribution in [1.82, 2.24) is 10.3 Å². The molecule has 0 atom stereocenters. The first-order valence-corrected chi connectivity index (χ1v) is 10.2. The number of carbonyl (C=O) groups is 1. The summed E-state index contributed by atoms with van der Waals surface area (Å²) in [4.78, 5) is 15.9. The molecule has 158 valence electrons. The smallest absolute Gasteiger partial charge is 0.254 e. The normalized spacial score (nSPS) is 11.6. The maximum absolute atomic E-state index is 12.4. The Kier molecular flexibility index (Phi) is 4.71. The molecule has 0 aliphatic heterocycles. The second-order valence-corrected chi connectivity index (χ2v) is 7.45. The minimum absolute atomic E-state index is 0.148. The monoisotopic (exact) mass is 423 g/mol. The summed E-state index contributed by atoms with van der Waals surface area (Å²) in [5.41, 5.74) is 3.80. The SMILES string of the molecule is CNC(=O)c1cc2ccc3c4ccccc4[nH]c3c2c(N=Nc2ccc(NC)cc2)c1O. The molecule has 0 bridgehead atoms. The van der Waals surface area contributed by atoms with Crippen molar-refractivity contribution < 1.29 is 9.90 Å². The molecule has 0 radical (unpaired) electrons. The third-order valence-corrected chi connectivity index (χ3v) is 5.62. The van der Waals surface area contributed by atoms with Gasteiger partial charge in [0.25, 0.3) is 5.91 Å². The van der Waals surface area contributed by atoms with E-state index in [1.807, 2.05) is 67.7 Å². The van der Waals surface area contributed by atoms with Gasteiger partial charge in [0.1, 0.15) is 5.69 Å². The van der Waals surface area contributed by atoms with Gasteiger partial charge in [-0.1, -0.05) is 30.3 Å². The van der Waals surface area contributed by atoms with E-state index in [1.54, 1.807) is 6.07 Å². The fraction of sp³-hybridized carbons (Fsp3) is 0.0800. The zero-order chi connectivity index (χ0) is 22.2. The predicted molar refractivity (Wildman–Crippen MR) is 129 cm³/mol. The molecule has 5 aromatic rings. The van der Waals surface area contributed by atoms with Crippen molar-refractivity contribution in [2.24, 2.45) is 10.2 Å². The highest BCUT2D eigenvalue weighted by atomic mass is 16.3. The molecule has 5 rings (SSSR count). The number of benzene rings is 4. The molecular weight excluding hydrogens is 402 g/mol. The Morgan fingerprint density at radius 1 is 0.938 bits per heavy atom. The minimum Gasteiger partial charge on any atom is -0.505 e. The van der Waals surface area contributed by atoms with Gasteiger partial charge in [-0.2, -0.15) is 5.11 Å². The zero-order valence-electron chi connectivity index (χ0n) is 17.6. The summed E-state index contributed by atoms with van der Waals surface area (Å²) in [6, 6.07) is 21.1. The molecular formula is C25H21N5O2. The van der Waals surface area contributed by atoms with E-state index in [0.29, 0.717) is 11.1 Å². The summed E-state index contributed by atoms with van der Waals surface area (Å²) in [6.45, 7) is 0. The lowest BCUT2D eigenvalue weighted by atomic mass is 10.00. The number of nitrogens with zero attached hydrogens (tertiary/aromatic N) is 2. The summed E-state index contributed by atoms with van der Waals surface area (Å²) in [5.74, 6) is -0.602. The molecule has 32 heavy (non-hydrogen) atoms. The van der Waals surface area contributed by atoms with E-state index in [9.17, 15) is 9.90 Å². The van der Waals surface area contributed by atoms with Gasteiger partial charge < -0.3 is 20.7 Å². The van der Waals surface area contributed by atoms with Gasteiger partial charge in [0.15, 0.2) is 5.75 Å². The second kappa shape index (κ2) is 7.70. The maximum atomic E-state index is 12.4. The van der Waals surface area contributed by atoms with Crippen LogP contribution in [0.15, 0.2) is 77.0 Å². The fourth-order valence-electron chi connectivity index (χ4n) is 3.99. The van der Waals surface area contributed by atoms with Crippen LogP contribution in [0.5, 0.6) is 5.75 Å². The molecule has 0 saturated carbocycles. The highest BCUT2D eigenvalue weighted by Gasteiger charge is 2.20. The van der Waals surface area contributed by atoms with Crippen molar-refractivity contribution in [3.05, 3.63) is 72.3 Å². The number of hydrogen-bond acceptors (Lipinski definition) is 5. The van der Waals surface area contributed by atoms with Crippen LogP contribution >= 0.6 is 0 Å². The quantitative estimate of drug-likeness (QED) is 0.267. The van der Waals surface area contributed by atoms with E-state index >= 15 is 0 Å². The maximum Gasteiger partial charge on any atom is 0.254 e. The number of phenols is 1. The number of H-pyrrole nitrogens is 1.